The third-order valence-corrected chi connectivity index (χ3v) is 4.36. The first-order chi connectivity index (χ1) is 11.0. The number of nitrogens with one attached hydrogen (secondary N) is 2. The number of carbonyl (C=O) groups excluding carboxylic acids is 1. The Hall–Kier alpha value is -2.31. The van der Waals surface area contributed by atoms with Gasteiger partial charge in [-0.1, -0.05) is 6.92 Å². The second-order valence-corrected chi connectivity index (χ2v) is 5.85. The molecule has 0 aromatic heterocycles. The van der Waals surface area contributed by atoms with E-state index in [1.54, 1.807) is 13.1 Å². The zero-order valence-electron chi connectivity index (χ0n) is 13.9. The summed E-state index contributed by atoms with van der Waals surface area (Å²) < 4.78 is 0. The molecular weight excluding hydrogens is 296 g/mol. The highest BCUT2D eigenvalue weighted by atomic mass is 16.6. The summed E-state index contributed by atoms with van der Waals surface area (Å²) in [4.78, 5) is 25.3. The minimum atomic E-state index is -0.463. The number of hydrogen-bond acceptors (Lipinski definition) is 5. The smallest absolute Gasteiger partial charge is 0.293 e. The van der Waals surface area contributed by atoms with Gasteiger partial charge in [-0.15, -0.1) is 0 Å². The average molecular weight is 320 g/mol. The Bertz CT molecular complexity index is 599. The molecule has 126 valence electrons. The first-order valence-corrected chi connectivity index (χ1v) is 8.00. The maximum atomic E-state index is 12.5. The Balaban J connectivity index is 2.47. The molecule has 1 saturated carbocycles. The maximum Gasteiger partial charge on any atom is 0.293 e. The molecule has 0 saturated heterocycles. The van der Waals surface area contributed by atoms with Gasteiger partial charge in [-0.2, -0.15) is 0 Å². The molecule has 1 aromatic carbocycles. The van der Waals surface area contributed by atoms with Crippen molar-refractivity contribution in [2.24, 2.45) is 0 Å². The molecule has 2 N–H and O–H groups in total. The lowest BCUT2D eigenvalue weighted by Gasteiger charge is -2.37. The van der Waals surface area contributed by atoms with E-state index in [0.29, 0.717) is 23.8 Å². The number of amides is 1. The number of carbonyl (C=O) groups is 1. The van der Waals surface area contributed by atoms with Gasteiger partial charge in [0.25, 0.3) is 11.6 Å². The van der Waals surface area contributed by atoms with Crippen molar-refractivity contribution in [2.45, 2.75) is 38.6 Å². The van der Waals surface area contributed by atoms with Crippen molar-refractivity contribution in [2.75, 3.05) is 30.9 Å². The van der Waals surface area contributed by atoms with Crippen molar-refractivity contribution < 1.29 is 9.72 Å². The van der Waals surface area contributed by atoms with Crippen molar-refractivity contribution in [1.82, 2.24) is 5.32 Å². The third kappa shape index (κ3) is 3.55. The number of nitrogens with zero attached hydrogens (tertiary/aromatic N) is 2. The summed E-state index contributed by atoms with van der Waals surface area (Å²) in [5.74, 6) is -0.265. The molecule has 23 heavy (non-hydrogen) atoms. The molecular formula is C16H24N4O3. The Morgan fingerprint density at radius 2 is 2.13 bits per heavy atom. The van der Waals surface area contributed by atoms with E-state index in [-0.39, 0.29) is 11.6 Å². The van der Waals surface area contributed by atoms with Crippen molar-refractivity contribution >= 4 is 23.0 Å². The highest BCUT2D eigenvalue weighted by molar-refractivity contribution is 6.02. The molecule has 0 bridgehead atoms. The van der Waals surface area contributed by atoms with Crippen molar-refractivity contribution in [1.29, 1.82) is 0 Å². The molecule has 1 fully saturated rings. The van der Waals surface area contributed by atoms with E-state index in [0.717, 1.165) is 24.9 Å². The van der Waals surface area contributed by atoms with E-state index in [2.05, 4.69) is 15.5 Å². The lowest BCUT2D eigenvalue weighted by molar-refractivity contribution is -0.383. The molecule has 0 spiro atoms. The summed E-state index contributed by atoms with van der Waals surface area (Å²) in [6.07, 6.45) is 4.16. The van der Waals surface area contributed by atoms with E-state index >= 15 is 0 Å². The minimum Gasteiger partial charge on any atom is -0.383 e. The van der Waals surface area contributed by atoms with Crippen LogP contribution in [-0.2, 0) is 0 Å². The summed E-state index contributed by atoms with van der Waals surface area (Å²) in [5, 5.41) is 16.9. The molecule has 0 unspecified atom stereocenters. The normalized spacial score (nSPS) is 14.0. The van der Waals surface area contributed by atoms with Crippen LogP contribution >= 0.6 is 0 Å². The molecule has 7 heteroatoms. The molecule has 0 atom stereocenters. The van der Waals surface area contributed by atoms with Crippen molar-refractivity contribution in [3.05, 3.63) is 27.8 Å². The predicted octanol–water partition coefficient (Wildman–Crippen LogP) is 2.77. The highest BCUT2D eigenvalue weighted by Gasteiger charge is 2.28. The average Bonchev–Trinajstić information content (AvgIpc) is 2.49. The predicted molar refractivity (Wildman–Crippen MR) is 91.3 cm³/mol. The van der Waals surface area contributed by atoms with Crippen LogP contribution in [0, 0.1) is 10.1 Å². The number of nitro benzene ring substituents is 1. The van der Waals surface area contributed by atoms with Crippen LogP contribution in [0.5, 0.6) is 0 Å². The fourth-order valence-corrected chi connectivity index (χ4v) is 2.71. The van der Waals surface area contributed by atoms with Crippen LogP contribution in [0.25, 0.3) is 0 Å². The SMILES string of the molecule is CCCNC(=O)c1cc([N+](=O)[O-])c(NC)cc1N(C)C1CCC1. The molecule has 0 radical (unpaired) electrons. The Morgan fingerprint density at radius 3 is 2.61 bits per heavy atom. The standard InChI is InChI=1S/C16H24N4O3/c1-4-8-18-16(21)12-9-15(20(22)23)13(17-2)10-14(12)19(3)11-6-5-7-11/h9-11,17H,4-8H2,1-3H3,(H,18,21). The number of rotatable bonds is 7. The van der Waals surface area contributed by atoms with Gasteiger partial charge in [-0.25, -0.2) is 0 Å². The maximum absolute atomic E-state index is 12.5. The zero-order chi connectivity index (χ0) is 17.0. The molecule has 2 rings (SSSR count). The number of anilines is 2. The summed E-state index contributed by atoms with van der Waals surface area (Å²) in [7, 11) is 3.59. The summed E-state index contributed by atoms with van der Waals surface area (Å²) in [6, 6.07) is 3.47. The lowest BCUT2D eigenvalue weighted by Crippen LogP contribution is -2.38. The van der Waals surface area contributed by atoms with Crippen LogP contribution in [0.15, 0.2) is 12.1 Å². The topological polar surface area (TPSA) is 87.5 Å². The van der Waals surface area contributed by atoms with Crippen LogP contribution < -0.4 is 15.5 Å². The quantitative estimate of drug-likeness (QED) is 0.596. The van der Waals surface area contributed by atoms with Crippen molar-refractivity contribution in [3.63, 3.8) is 0 Å². The van der Waals surface area contributed by atoms with E-state index in [9.17, 15) is 14.9 Å². The fourth-order valence-electron chi connectivity index (χ4n) is 2.71. The van der Waals surface area contributed by atoms with Gasteiger partial charge in [0.1, 0.15) is 5.69 Å². The molecule has 1 aromatic rings. The number of benzene rings is 1. The minimum absolute atomic E-state index is 0.0834. The monoisotopic (exact) mass is 320 g/mol. The largest absolute Gasteiger partial charge is 0.383 e. The molecule has 1 aliphatic carbocycles. The Morgan fingerprint density at radius 1 is 1.43 bits per heavy atom. The number of hydrogen-bond donors (Lipinski definition) is 2. The van der Waals surface area contributed by atoms with Gasteiger partial charge in [0, 0.05) is 32.7 Å². The molecule has 1 aliphatic rings. The molecule has 0 aliphatic heterocycles. The fraction of sp³-hybridized carbons (Fsp3) is 0.562. The van der Waals surface area contributed by atoms with Crippen LogP contribution in [0.3, 0.4) is 0 Å². The zero-order valence-corrected chi connectivity index (χ0v) is 13.9. The van der Waals surface area contributed by atoms with E-state index in [1.165, 1.54) is 12.5 Å². The third-order valence-electron chi connectivity index (χ3n) is 4.36. The Kier molecular flexibility index (Phi) is 5.41. The van der Waals surface area contributed by atoms with E-state index < -0.39 is 4.92 Å². The summed E-state index contributed by atoms with van der Waals surface area (Å²) >= 11 is 0. The molecule has 0 heterocycles. The van der Waals surface area contributed by atoms with Crippen molar-refractivity contribution in [3.8, 4) is 0 Å². The van der Waals surface area contributed by atoms with Crippen LogP contribution in [-0.4, -0.2) is 37.5 Å². The molecule has 7 nitrogen and oxygen atoms in total. The highest BCUT2D eigenvalue weighted by Crippen LogP contribution is 2.36. The van der Waals surface area contributed by atoms with Crippen LogP contribution in [0.4, 0.5) is 17.1 Å². The molecule has 1 amide bonds. The van der Waals surface area contributed by atoms with Gasteiger partial charge in [0.05, 0.1) is 16.2 Å². The summed E-state index contributed by atoms with van der Waals surface area (Å²) in [5.41, 5.74) is 1.43. The van der Waals surface area contributed by atoms with Gasteiger partial charge in [-0.05, 0) is 31.7 Å². The van der Waals surface area contributed by atoms with Crippen LogP contribution in [0.2, 0.25) is 0 Å². The van der Waals surface area contributed by atoms with E-state index in [1.807, 2.05) is 14.0 Å². The van der Waals surface area contributed by atoms with Gasteiger partial charge in [-0.3, -0.25) is 14.9 Å². The van der Waals surface area contributed by atoms with E-state index in [4.69, 9.17) is 0 Å². The van der Waals surface area contributed by atoms with Gasteiger partial charge < -0.3 is 15.5 Å². The number of nitro groups is 1. The van der Waals surface area contributed by atoms with Gasteiger partial charge in [0.15, 0.2) is 0 Å². The second-order valence-electron chi connectivity index (χ2n) is 5.85. The lowest BCUT2D eigenvalue weighted by atomic mass is 9.91. The second kappa shape index (κ2) is 7.30. The Labute approximate surface area is 136 Å². The first kappa shape index (κ1) is 17.1. The van der Waals surface area contributed by atoms with Gasteiger partial charge in [0.2, 0.25) is 0 Å². The van der Waals surface area contributed by atoms with Crippen LogP contribution in [0.1, 0.15) is 43.0 Å². The summed E-state index contributed by atoms with van der Waals surface area (Å²) in [6.45, 7) is 2.52. The van der Waals surface area contributed by atoms with Gasteiger partial charge >= 0.3 is 0 Å². The first-order valence-electron chi connectivity index (χ1n) is 8.00.